The van der Waals surface area contributed by atoms with Crippen LogP contribution in [0.2, 0.25) is 0 Å². The number of alkyl halides is 2. The highest BCUT2D eigenvalue weighted by atomic mass is 19.3. The van der Waals surface area contributed by atoms with Crippen LogP contribution in [0.15, 0.2) is 24.3 Å². The van der Waals surface area contributed by atoms with Crippen molar-refractivity contribution in [2.75, 3.05) is 0 Å². The second-order valence-electron chi connectivity index (χ2n) is 5.01. The lowest BCUT2D eigenvalue weighted by molar-refractivity contribution is 0.0738. The van der Waals surface area contributed by atoms with Gasteiger partial charge in [-0.2, -0.15) is 0 Å². The molecule has 98 valence electrons. The third-order valence-corrected chi connectivity index (χ3v) is 3.91. The van der Waals surface area contributed by atoms with E-state index in [0.29, 0.717) is 17.4 Å². The van der Waals surface area contributed by atoms with E-state index in [0.717, 1.165) is 32.1 Å². The van der Waals surface area contributed by atoms with Gasteiger partial charge >= 0.3 is 0 Å². The molecule has 1 fully saturated rings. The van der Waals surface area contributed by atoms with E-state index in [1.165, 1.54) is 0 Å². The Kier molecular flexibility index (Phi) is 4.45. The maximum atomic E-state index is 13.4. The van der Waals surface area contributed by atoms with Gasteiger partial charge in [0.1, 0.15) is 6.29 Å². The second kappa shape index (κ2) is 6.07. The molecule has 3 heteroatoms. The van der Waals surface area contributed by atoms with E-state index >= 15 is 0 Å². The summed E-state index contributed by atoms with van der Waals surface area (Å²) in [6, 6.07) is 6.76. The predicted octanol–water partition coefficient (Wildman–Crippen LogP) is 4.43. The molecule has 0 spiro atoms. The van der Waals surface area contributed by atoms with Crippen LogP contribution in [0.3, 0.4) is 0 Å². The fraction of sp³-hybridized carbons (Fsp3) is 0.533. The van der Waals surface area contributed by atoms with Gasteiger partial charge in [-0.05, 0) is 24.3 Å². The Morgan fingerprint density at radius 1 is 1.11 bits per heavy atom. The molecule has 18 heavy (non-hydrogen) atoms. The molecule has 0 amide bonds. The number of carbonyl (C=O) groups is 1. The maximum Gasteiger partial charge on any atom is 0.245 e. The summed E-state index contributed by atoms with van der Waals surface area (Å²) in [4.78, 5) is 11.0. The van der Waals surface area contributed by atoms with Crippen molar-refractivity contribution in [1.82, 2.24) is 0 Å². The number of benzene rings is 1. The Hall–Kier alpha value is -1.25. The van der Waals surface area contributed by atoms with Crippen LogP contribution >= 0.6 is 0 Å². The van der Waals surface area contributed by atoms with Crippen molar-refractivity contribution in [3.8, 4) is 0 Å². The summed E-state index contributed by atoms with van der Waals surface area (Å²) in [5.41, 5.74) is 0.933. The summed E-state index contributed by atoms with van der Waals surface area (Å²) in [5, 5.41) is 0. The van der Waals surface area contributed by atoms with Crippen molar-refractivity contribution in [1.29, 1.82) is 0 Å². The lowest BCUT2D eigenvalue weighted by Gasteiger charge is -2.30. The van der Waals surface area contributed by atoms with Crippen molar-refractivity contribution >= 4 is 6.29 Å². The molecule has 0 aliphatic heterocycles. The summed E-state index contributed by atoms with van der Waals surface area (Å²) >= 11 is 0. The van der Waals surface area contributed by atoms with Crippen LogP contribution in [0.5, 0.6) is 0 Å². The minimum atomic E-state index is -2.39. The molecule has 1 aromatic rings. The Labute approximate surface area is 106 Å². The van der Waals surface area contributed by atoms with Crippen LogP contribution < -0.4 is 0 Å². The van der Waals surface area contributed by atoms with Gasteiger partial charge < -0.3 is 0 Å². The number of halogens is 2. The SMILES string of the molecule is O=Cc1ccccc1C(C(F)F)C1CCCCC1. The van der Waals surface area contributed by atoms with Crippen molar-refractivity contribution in [3.63, 3.8) is 0 Å². The zero-order chi connectivity index (χ0) is 13.0. The largest absolute Gasteiger partial charge is 0.298 e. The maximum absolute atomic E-state index is 13.4. The summed E-state index contributed by atoms with van der Waals surface area (Å²) in [5.74, 6) is -0.772. The first-order valence-electron chi connectivity index (χ1n) is 6.56. The van der Waals surface area contributed by atoms with Crippen LogP contribution in [0.1, 0.15) is 53.9 Å². The molecule has 1 saturated carbocycles. The summed E-state index contributed by atoms with van der Waals surface area (Å²) in [6.45, 7) is 0. The summed E-state index contributed by atoms with van der Waals surface area (Å²) < 4.78 is 26.7. The molecule has 2 rings (SSSR count). The average Bonchev–Trinajstić information content (AvgIpc) is 2.40. The first-order chi connectivity index (χ1) is 8.74. The van der Waals surface area contributed by atoms with Crippen LogP contribution in [0.4, 0.5) is 8.78 Å². The van der Waals surface area contributed by atoms with Crippen LogP contribution in [0.25, 0.3) is 0 Å². The standard InChI is InChI=1S/C15H18F2O/c16-15(17)14(11-6-2-1-3-7-11)13-9-5-4-8-12(13)10-18/h4-5,8-11,14-15H,1-3,6-7H2. The topological polar surface area (TPSA) is 17.1 Å². The Balaban J connectivity index is 2.31. The van der Waals surface area contributed by atoms with E-state index in [1.807, 2.05) is 0 Å². The summed E-state index contributed by atoms with van der Waals surface area (Å²) in [7, 11) is 0. The third-order valence-electron chi connectivity index (χ3n) is 3.91. The van der Waals surface area contributed by atoms with Crippen LogP contribution in [0, 0.1) is 5.92 Å². The molecule has 0 bridgehead atoms. The molecular formula is C15H18F2O. The fourth-order valence-electron chi connectivity index (χ4n) is 3.01. The number of carbonyl (C=O) groups excluding carboxylic acids is 1. The van der Waals surface area contributed by atoms with Gasteiger partial charge in [-0.25, -0.2) is 8.78 Å². The minimum Gasteiger partial charge on any atom is -0.298 e. The molecule has 0 saturated heterocycles. The third kappa shape index (κ3) is 2.77. The van der Waals surface area contributed by atoms with Gasteiger partial charge in [-0.3, -0.25) is 4.79 Å². The highest BCUT2D eigenvalue weighted by molar-refractivity contribution is 5.77. The van der Waals surface area contributed by atoms with Gasteiger partial charge in [0.25, 0.3) is 0 Å². The molecule has 1 aliphatic rings. The molecular weight excluding hydrogens is 234 g/mol. The van der Waals surface area contributed by atoms with Gasteiger partial charge in [0.15, 0.2) is 0 Å². The first-order valence-corrected chi connectivity index (χ1v) is 6.56. The molecule has 0 heterocycles. The van der Waals surface area contributed by atoms with Gasteiger partial charge in [-0.15, -0.1) is 0 Å². The van der Waals surface area contributed by atoms with Gasteiger partial charge in [0.2, 0.25) is 6.43 Å². The minimum absolute atomic E-state index is 0.0137. The average molecular weight is 252 g/mol. The zero-order valence-corrected chi connectivity index (χ0v) is 10.3. The smallest absolute Gasteiger partial charge is 0.245 e. The quantitative estimate of drug-likeness (QED) is 0.724. The van der Waals surface area contributed by atoms with Crippen molar-refractivity contribution in [3.05, 3.63) is 35.4 Å². The molecule has 0 radical (unpaired) electrons. The van der Waals surface area contributed by atoms with E-state index < -0.39 is 12.3 Å². The molecule has 0 N–H and O–H groups in total. The molecule has 1 unspecified atom stereocenters. The van der Waals surface area contributed by atoms with E-state index in [4.69, 9.17) is 0 Å². The Bertz CT molecular complexity index is 397. The lowest BCUT2D eigenvalue weighted by Crippen LogP contribution is -2.23. The second-order valence-corrected chi connectivity index (χ2v) is 5.01. The normalized spacial score (nSPS) is 18.8. The van der Waals surface area contributed by atoms with Crippen LogP contribution in [-0.2, 0) is 0 Å². The van der Waals surface area contributed by atoms with Crippen molar-refractivity contribution in [2.24, 2.45) is 5.92 Å². The van der Waals surface area contributed by atoms with Gasteiger partial charge in [0, 0.05) is 11.5 Å². The van der Waals surface area contributed by atoms with E-state index in [2.05, 4.69) is 0 Å². The highest BCUT2D eigenvalue weighted by Crippen LogP contribution is 2.40. The Morgan fingerprint density at radius 3 is 2.39 bits per heavy atom. The van der Waals surface area contributed by atoms with Gasteiger partial charge in [-0.1, -0.05) is 43.5 Å². The van der Waals surface area contributed by atoms with E-state index in [1.54, 1.807) is 24.3 Å². The number of hydrogen-bond acceptors (Lipinski definition) is 1. The number of hydrogen-bond donors (Lipinski definition) is 0. The molecule has 1 aliphatic carbocycles. The fourth-order valence-corrected chi connectivity index (χ4v) is 3.01. The number of aldehydes is 1. The number of rotatable bonds is 4. The first kappa shape index (κ1) is 13.2. The lowest BCUT2D eigenvalue weighted by atomic mass is 9.76. The van der Waals surface area contributed by atoms with Gasteiger partial charge in [0.05, 0.1) is 0 Å². The zero-order valence-electron chi connectivity index (χ0n) is 10.3. The molecule has 0 aromatic heterocycles. The van der Waals surface area contributed by atoms with Crippen molar-refractivity contribution in [2.45, 2.75) is 44.4 Å². The monoisotopic (exact) mass is 252 g/mol. The molecule has 1 aromatic carbocycles. The molecule has 1 nitrogen and oxygen atoms in total. The molecule has 1 atom stereocenters. The van der Waals surface area contributed by atoms with E-state index in [-0.39, 0.29) is 5.92 Å². The summed E-state index contributed by atoms with van der Waals surface area (Å²) in [6.07, 6.45) is 3.18. The van der Waals surface area contributed by atoms with E-state index in [9.17, 15) is 13.6 Å². The highest BCUT2D eigenvalue weighted by Gasteiger charge is 2.33. The van der Waals surface area contributed by atoms with Crippen LogP contribution in [-0.4, -0.2) is 12.7 Å². The predicted molar refractivity (Wildman–Crippen MR) is 67.1 cm³/mol. The Morgan fingerprint density at radius 2 is 1.78 bits per heavy atom. The van der Waals surface area contributed by atoms with Crippen molar-refractivity contribution < 1.29 is 13.6 Å².